The third kappa shape index (κ3) is 8.35. The smallest absolute Gasteiger partial charge is 0.392 e. The van der Waals surface area contributed by atoms with Crippen LogP contribution in [0.25, 0.3) is 11.1 Å². The van der Waals surface area contributed by atoms with Crippen molar-refractivity contribution in [3.8, 4) is 11.1 Å². The van der Waals surface area contributed by atoms with Gasteiger partial charge in [-0.3, -0.25) is 9.59 Å². The highest BCUT2D eigenvalue weighted by atomic mass is 32.2. The van der Waals surface area contributed by atoms with Gasteiger partial charge >= 0.3 is 12.1 Å². The molecule has 0 unspecified atom stereocenters. The highest BCUT2D eigenvalue weighted by Gasteiger charge is 2.47. The molecule has 2 fully saturated rings. The number of rotatable bonds is 10. The van der Waals surface area contributed by atoms with E-state index in [1.807, 2.05) is 90.6 Å². The number of amides is 2. The number of alkyl halides is 3. The minimum Gasteiger partial charge on any atom is -0.392 e. The number of aliphatic hydroxyl groups is 1. The third-order valence-electron chi connectivity index (χ3n) is 8.73. The van der Waals surface area contributed by atoms with Crippen molar-refractivity contribution in [3.05, 3.63) is 107 Å². The third-order valence-corrected chi connectivity index (χ3v) is 9.92. The first-order valence-corrected chi connectivity index (χ1v) is 17.0. The number of carbonyl (C=O) groups is 2. The number of hydrogen-bond acceptors (Lipinski definition) is 7. The van der Waals surface area contributed by atoms with Gasteiger partial charge in [-0.25, -0.2) is 4.98 Å². The normalized spacial score (nSPS) is 21.1. The molecular weight excluding hydrogens is 657 g/mol. The van der Waals surface area contributed by atoms with Crippen LogP contribution in [0.1, 0.15) is 53.9 Å². The zero-order valence-corrected chi connectivity index (χ0v) is 27.6. The van der Waals surface area contributed by atoms with Crippen molar-refractivity contribution < 1.29 is 37.3 Å². The van der Waals surface area contributed by atoms with Gasteiger partial charge in [-0.1, -0.05) is 72.4 Å². The van der Waals surface area contributed by atoms with Crippen LogP contribution in [0.15, 0.2) is 90.3 Å². The minimum absolute atomic E-state index is 0.0388. The van der Waals surface area contributed by atoms with Crippen molar-refractivity contribution in [1.82, 2.24) is 19.8 Å². The Morgan fingerprint density at radius 3 is 2.47 bits per heavy atom. The molecule has 258 valence electrons. The van der Waals surface area contributed by atoms with Crippen molar-refractivity contribution in [2.24, 2.45) is 7.05 Å². The van der Waals surface area contributed by atoms with Gasteiger partial charge in [0.2, 0.25) is 5.91 Å². The molecule has 2 saturated heterocycles. The van der Waals surface area contributed by atoms with Gasteiger partial charge in [0.15, 0.2) is 11.4 Å². The second kappa shape index (κ2) is 15.2. The van der Waals surface area contributed by atoms with E-state index >= 15 is 0 Å². The number of thioether (sulfide) groups is 1. The summed E-state index contributed by atoms with van der Waals surface area (Å²) in [6, 6.07) is 21.9. The average Bonchev–Trinajstić information content (AvgIpc) is 3.78. The predicted molar refractivity (Wildman–Crippen MR) is 177 cm³/mol. The van der Waals surface area contributed by atoms with Gasteiger partial charge in [0.25, 0.3) is 0 Å². The van der Waals surface area contributed by atoms with Gasteiger partial charge in [0.1, 0.15) is 6.04 Å². The van der Waals surface area contributed by atoms with Gasteiger partial charge in [0.05, 0.1) is 18.8 Å². The van der Waals surface area contributed by atoms with E-state index in [2.05, 4.69) is 10.3 Å². The number of nitrogens with zero attached hydrogens (tertiary/aromatic N) is 3. The molecule has 0 aliphatic carbocycles. The first kappa shape index (κ1) is 34.7. The summed E-state index contributed by atoms with van der Waals surface area (Å²) < 4.78 is 54.1. The maximum atomic E-state index is 13.0. The maximum Gasteiger partial charge on any atom is 0.471 e. The number of hydrogen-bond donors (Lipinski definition) is 2. The number of ether oxygens (including phenoxy) is 2. The molecule has 0 saturated carbocycles. The molecule has 3 aromatic carbocycles. The Bertz CT molecular complexity index is 1770. The quantitative estimate of drug-likeness (QED) is 0.194. The van der Waals surface area contributed by atoms with E-state index in [0.717, 1.165) is 38.5 Å². The van der Waals surface area contributed by atoms with E-state index in [-0.39, 0.29) is 38.3 Å². The molecule has 0 spiro atoms. The zero-order valence-electron chi connectivity index (χ0n) is 26.8. The number of aryl methyl sites for hydroxylation is 1. The van der Waals surface area contributed by atoms with Crippen LogP contribution in [0, 0.1) is 0 Å². The standard InChI is InChI=1S/C36H37F3N4O5S/c1-42-16-14-40-35(42)49-22-29-19-31(25-12-10-23(21-44)11-13-25)48-33(47-29)28-8-3-7-27(18-28)26-6-2-5-24(17-26)20-41-32(45)30-9-4-15-43(30)34(46)36(37,38)39/h2-3,5-8,10-14,16-18,29-31,33,44H,4,9,15,19-22H2,1H3,(H,41,45)/t29-,30-,31+,33+/m0/s1. The Morgan fingerprint density at radius 2 is 1.76 bits per heavy atom. The molecule has 2 N–H and O–H groups in total. The summed E-state index contributed by atoms with van der Waals surface area (Å²) >= 11 is 1.62. The molecule has 9 nitrogen and oxygen atoms in total. The van der Waals surface area contributed by atoms with E-state index < -0.39 is 30.3 Å². The summed E-state index contributed by atoms with van der Waals surface area (Å²) in [7, 11) is 1.95. The van der Waals surface area contributed by atoms with Crippen LogP contribution < -0.4 is 5.32 Å². The number of halogens is 3. The number of benzene rings is 3. The Labute approximate surface area is 286 Å². The highest BCUT2D eigenvalue weighted by Crippen LogP contribution is 2.40. The molecular formula is C36H37F3N4O5S. The van der Waals surface area contributed by atoms with E-state index in [4.69, 9.17) is 9.47 Å². The lowest BCUT2D eigenvalue weighted by molar-refractivity contribution is -0.245. The van der Waals surface area contributed by atoms with Gasteiger partial charge in [-0.2, -0.15) is 13.2 Å². The van der Waals surface area contributed by atoms with Gasteiger partial charge in [-0.05, 0) is 52.8 Å². The molecule has 2 aliphatic rings. The number of aliphatic hydroxyl groups excluding tert-OH is 1. The predicted octanol–water partition coefficient (Wildman–Crippen LogP) is 6.09. The molecule has 1 aromatic heterocycles. The number of nitrogens with one attached hydrogen (secondary N) is 1. The van der Waals surface area contributed by atoms with Crippen LogP contribution in [-0.2, 0) is 39.3 Å². The summed E-state index contributed by atoms with van der Waals surface area (Å²) in [6.07, 6.45) is -1.23. The number of aromatic nitrogens is 2. The Balaban J connectivity index is 1.16. The molecule has 0 radical (unpaired) electrons. The second-order valence-electron chi connectivity index (χ2n) is 12.2. The van der Waals surface area contributed by atoms with Crippen molar-refractivity contribution >= 4 is 23.6 Å². The molecule has 4 aromatic rings. The van der Waals surface area contributed by atoms with Crippen molar-refractivity contribution in [3.63, 3.8) is 0 Å². The summed E-state index contributed by atoms with van der Waals surface area (Å²) in [5.41, 5.74) is 5.16. The van der Waals surface area contributed by atoms with Crippen molar-refractivity contribution in [2.75, 3.05) is 12.3 Å². The fourth-order valence-electron chi connectivity index (χ4n) is 6.16. The summed E-state index contributed by atoms with van der Waals surface area (Å²) in [5.74, 6) is -1.92. The molecule has 6 rings (SSSR count). The van der Waals surface area contributed by atoms with Crippen LogP contribution >= 0.6 is 11.8 Å². The summed E-state index contributed by atoms with van der Waals surface area (Å²) in [4.78, 5) is 29.7. The number of imidazole rings is 1. The van der Waals surface area contributed by atoms with Crippen LogP contribution in [0.4, 0.5) is 13.2 Å². The van der Waals surface area contributed by atoms with Gasteiger partial charge < -0.3 is 29.4 Å². The molecule has 2 amide bonds. The first-order chi connectivity index (χ1) is 23.6. The molecule has 49 heavy (non-hydrogen) atoms. The first-order valence-electron chi connectivity index (χ1n) is 16.0. The SMILES string of the molecule is Cn1ccnc1SC[C@@H]1C[C@H](c2ccc(CO)cc2)O[C@H](c2cccc(-c3cccc(CNC(=O)[C@@H]4CCCN4C(=O)C(F)(F)F)c3)c2)O1. The topological polar surface area (TPSA) is 106 Å². The second-order valence-corrected chi connectivity index (χ2v) is 13.2. The fourth-order valence-corrected chi connectivity index (χ4v) is 7.11. The van der Waals surface area contributed by atoms with Crippen LogP contribution in [0.5, 0.6) is 0 Å². The summed E-state index contributed by atoms with van der Waals surface area (Å²) in [6.45, 7) is -0.0437. The lowest BCUT2D eigenvalue weighted by Gasteiger charge is -2.36. The van der Waals surface area contributed by atoms with Crippen LogP contribution in [-0.4, -0.2) is 62.0 Å². The zero-order chi connectivity index (χ0) is 34.5. The van der Waals surface area contributed by atoms with Crippen molar-refractivity contribution in [2.45, 2.75) is 68.3 Å². The largest absolute Gasteiger partial charge is 0.471 e. The van der Waals surface area contributed by atoms with E-state index in [0.29, 0.717) is 23.5 Å². The lowest BCUT2D eigenvalue weighted by atomic mass is 9.99. The monoisotopic (exact) mass is 694 g/mol. The average molecular weight is 695 g/mol. The van der Waals surface area contributed by atoms with Gasteiger partial charge in [-0.15, -0.1) is 0 Å². The Hall–Kier alpha value is -4.17. The van der Waals surface area contributed by atoms with E-state index in [1.54, 1.807) is 18.0 Å². The fraction of sp³-hybridized carbons (Fsp3) is 0.361. The lowest BCUT2D eigenvalue weighted by Crippen LogP contribution is -2.50. The van der Waals surface area contributed by atoms with Gasteiger partial charge in [0, 0.05) is 50.3 Å². The van der Waals surface area contributed by atoms with Crippen LogP contribution in [0.2, 0.25) is 0 Å². The number of carbonyl (C=O) groups excluding carboxylic acids is 2. The molecule has 4 atom stereocenters. The van der Waals surface area contributed by atoms with E-state index in [9.17, 15) is 27.9 Å². The summed E-state index contributed by atoms with van der Waals surface area (Å²) in [5, 5.41) is 13.1. The van der Waals surface area contributed by atoms with Crippen LogP contribution in [0.3, 0.4) is 0 Å². The molecule has 3 heterocycles. The maximum absolute atomic E-state index is 13.0. The highest BCUT2D eigenvalue weighted by molar-refractivity contribution is 7.99. The Morgan fingerprint density at radius 1 is 1.00 bits per heavy atom. The Kier molecular flexibility index (Phi) is 10.7. The minimum atomic E-state index is -5.02. The molecule has 2 aliphatic heterocycles. The molecule has 13 heteroatoms. The molecule has 0 bridgehead atoms. The number of likely N-dealkylation sites (tertiary alicyclic amines) is 1. The van der Waals surface area contributed by atoms with Crippen molar-refractivity contribution in [1.29, 1.82) is 0 Å². The van der Waals surface area contributed by atoms with E-state index in [1.165, 1.54) is 0 Å².